The molecule has 0 spiro atoms. The standard InChI is InChI=1S/C13H20N4O2S2/c1-10-9-16(2)6-3-7-17(10)21(18,19)11-4-5-12(13(14)20)15-8-11/h4-5,8,10H,3,6-7,9H2,1-2H3,(H2,14,20). The van der Waals surface area contributed by atoms with Crippen molar-refractivity contribution in [3.63, 3.8) is 0 Å². The quantitative estimate of drug-likeness (QED) is 0.811. The van der Waals surface area contributed by atoms with E-state index in [0.29, 0.717) is 12.2 Å². The topological polar surface area (TPSA) is 79.5 Å². The number of thiocarbonyl (C=S) groups is 1. The molecule has 2 N–H and O–H groups in total. The van der Waals surface area contributed by atoms with Gasteiger partial charge in [-0.15, -0.1) is 0 Å². The molecule has 2 rings (SSSR count). The van der Waals surface area contributed by atoms with Gasteiger partial charge in [0.1, 0.15) is 9.88 Å². The number of hydrogen-bond donors (Lipinski definition) is 1. The van der Waals surface area contributed by atoms with Gasteiger partial charge in [-0.25, -0.2) is 8.42 Å². The number of pyridine rings is 1. The van der Waals surface area contributed by atoms with Gasteiger partial charge in [0.2, 0.25) is 10.0 Å². The van der Waals surface area contributed by atoms with Crippen molar-refractivity contribution in [1.29, 1.82) is 0 Å². The van der Waals surface area contributed by atoms with Crippen LogP contribution in [0.4, 0.5) is 0 Å². The number of hydrogen-bond acceptors (Lipinski definition) is 5. The van der Waals surface area contributed by atoms with Gasteiger partial charge in [-0.3, -0.25) is 4.98 Å². The lowest BCUT2D eigenvalue weighted by Crippen LogP contribution is -2.41. The van der Waals surface area contributed by atoms with E-state index in [1.165, 1.54) is 12.3 Å². The summed E-state index contributed by atoms with van der Waals surface area (Å²) in [4.78, 5) is 6.50. The van der Waals surface area contributed by atoms with Crippen LogP contribution >= 0.6 is 12.2 Å². The van der Waals surface area contributed by atoms with E-state index in [1.807, 2.05) is 14.0 Å². The Morgan fingerprint density at radius 2 is 2.14 bits per heavy atom. The normalized spacial score (nSPS) is 21.9. The van der Waals surface area contributed by atoms with E-state index in [1.54, 1.807) is 10.4 Å². The summed E-state index contributed by atoms with van der Waals surface area (Å²) >= 11 is 4.82. The van der Waals surface area contributed by atoms with Gasteiger partial charge in [-0.1, -0.05) is 12.2 Å². The zero-order valence-corrected chi connectivity index (χ0v) is 13.8. The van der Waals surface area contributed by atoms with Gasteiger partial charge in [0, 0.05) is 25.3 Å². The lowest BCUT2D eigenvalue weighted by atomic mass is 10.3. The first-order valence-electron chi connectivity index (χ1n) is 6.78. The van der Waals surface area contributed by atoms with Crippen LogP contribution in [0.25, 0.3) is 0 Å². The fourth-order valence-electron chi connectivity index (χ4n) is 2.52. The van der Waals surface area contributed by atoms with Gasteiger partial charge >= 0.3 is 0 Å². The molecule has 116 valence electrons. The zero-order valence-electron chi connectivity index (χ0n) is 12.2. The van der Waals surface area contributed by atoms with Crippen LogP contribution in [-0.4, -0.2) is 60.3 Å². The van der Waals surface area contributed by atoms with Crippen molar-refractivity contribution < 1.29 is 8.42 Å². The molecule has 0 aliphatic carbocycles. The molecule has 1 aliphatic heterocycles. The Labute approximate surface area is 131 Å². The first kappa shape index (κ1) is 16.3. The van der Waals surface area contributed by atoms with Crippen LogP contribution < -0.4 is 5.73 Å². The maximum absolute atomic E-state index is 12.7. The minimum atomic E-state index is -3.54. The summed E-state index contributed by atoms with van der Waals surface area (Å²) in [7, 11) is -1.54. The highest BCUT2D eigenvalue weighted by Crippen LogP contribution is 2.20. The zero-order chi connectivity index (χ0) is 15.6. The van der Waals surface area contributed by atoms with Gasteiger partial charge in [-0.2, -0.15) is 4.31 Å². The van der Waals surface area contributed by atoms with Crippen LogP contribution in [0, 0.1) is 0 Å². The van der Waals surface area contributed by atoms with E-state index < -0.39 is 10.0 Å². The third-order valence-corrected chi connectivity index (χ3v) is 5.79. The molecule has 21 heavy (non-hydrogen) atoms. The van der Waals surface area contributed by atoms with E-state index in [9.17, 15) is 8.42 Å². The molecule has 2 heterocycles. The average Bonchev–Trinajstić information content (AvgIpc) is 2.59. The molecule has 1 aromatic heterocycles. The highest BCUT2D eigenvalue weighted by atomic mass is 32.2. The largest absolute Gasteiger partial charge is 0.388 e. The summed E-state index contributed by atoms with van der Waals surface area (Å²) in [5, 5.41) is 0. The predicted molar refractivity (Wildman–Crippen MR) is 85.6 cm³/mol. The molecule has 0 amide bonds. The van der Waals surface area contributed by atoms with Crippen molar-refractivity contribution in [1.82, 2.24) is 14.2 Å². The van der Waals surface area contributed by atoms with E-state index in [4.69, 9.17) is 18.0 Å². The van der Waals surface area contributed by atoms with Crippen molar-refractivity contribution >= 4 is 27.2 Å². The molecule has 1 aliphatic rings. The number of rotatable bonds is 3. The second-order valence-electron chi connectivity index (χ2n) is 5.32. The van der Waals surface area contributed by atoms with Crippen LogP contribution in [0.15, 0.2) is 23.2 Å². The van der Waals surface area contributed by atoms with Crippen molar-refractivity contribution in [3.8, 4) is 0 Å². The molecule has 1 atom stereocenters. The molecular weight excluding hydrogens is 308 g/mol. The maximum atomic E-state index is 12.7. The third-order valence-electron chi connectivity index (χ3n) is 3.58. The van der Waals surface area contributed by atoms with Gasteiger partial charge in [0.25, 0.3) is 0 Å². The summed E-state index contributed by atoms with van der Waals surface area (Å²) in [5.74, 6) is 0. The van der Waals surface area contributed by atoms with E-state index in [-0.39, 0.29) is 15.9 Å². The van der Waals surface area contributed by atoms with E-state index >= 15 is 0 Å². The highest BCUT2D eigenvalue weighted by molar-refractivity contribution is 7.89. The second-order valence-corrected chi connectivity index (χ2v) is 7.65. The SMILES string of the molecule is CC1CN(C)CCCN1S(=O)(=O)c1ccc(C(N)=S)nc1. The van der Waals surface area contributed by atoms with Crippen LogP contribution in [0.1, 0.15) is 19.0 Å². The fraction of sp³-hybridized carbons (Fsp3) is 0.538. The smallest absolute Gasteiger partial charge is 0.244 e. The minimum absolute atomic E-state index is 0.0715. The Morgan fingerprint density at radius 3 is 2.71 bits per heavy atom. The first-order valence-corrected chi connectivity index (χ1v) is 8.63. The number of nitrogens with zero attached hydrogens (tertiary/aromatic N) is 3. The molecule has 0 aromatic carbocycles. The summed E-state index contributed by atoms with van der Waals surface area (Å²) in [5.41, 5.74) is 5.90. The van der Waals surface area contributed by atoms with E-state index in [2.05, 4.69) is 9.88 Å². The van der Waals surface area contributed by atoms with Gasteiger partial charge in [0.15, 0.2) is 0 Å². The van der Waals surface area contributed by atoms with Crippen LogP contribution in [0.3, 0.4) is 0 Å². The molecule has 0 radical (unpaired) electrons. The van der Waals surface area contributed by atoms with Crippen molar-refractivity contribution in [2.24, 2.45) is 5.73 Å². The Kier molecular flexibility index (Phi) is 4.92. The summed E-state index contributed by atoms with van der Waals surface area (Å²) in [6.45, 7) is 4.06. The third kappa shape index (κ3) is 3.57. The Hall–Kier alpha value is -1.09. The number of sulfonamides is 1. The molecule has 6 nitrogen and oxygen atoms in total. The lowest BCUT2D eigenvalue weighted by Gasteiger charge is -2.27. The molecule has 1 unspecified atom stereocenters. The Bertz CT molecular complexity index is 616. The van der Waals surface area contributed by atoms with E-state index in [0.717, 1.165) is 19.5 Å². The molecule has 8 heteroatoms. The van der Waals surface area contributed by atoms with Gasteiger partial charge in [-0.05, 0) is 39.1 Å². The molecule has 0 bridgehead atoms. The fourth-order valence-corrected chi connectivity index (χ4v) is 4.25. The maximum Gasteiger partial charge on any atom is 0.244 e. The minimum Gasteiger partial charge on any atom is -0.388 e. The highest BCUT2D eigenvalue weighted by Gasteiger charge is 2.31. The first-order chi connectivity index (χ1) is 9.82. The summed E-state index contributed by atoms with van der Waals surface area (Å²) in [6.07, 6.45) is 2.14. The molecule has 1 fully saturated rings. The molecule has 1 aromatic rings. The number of nitrogens with two attached hydrogens (primary N) is 1. The lowest BCUT2D eigenvalue weighted by molar-refractivity contribution is 0.290. The Balaban J connectivity index is 2.30. The summed E-state index contributed by atoms with van der Waals surface area (Å²) in [6, 6.07) is 2.99. The molecule has 0 saturated carbocycles. The van der Waals surface area contributed by atoms with Gasteiger partial charge in [0.05, 0.1) is 5.69 Å². The summed E-state index contributed by atoms with van der Waals surface area (Å²) < 4.78 is 27.0. The van der Waals surface area contributed by atoms with Crippen LogP contribution in [-0.2, 0) is 10.0 Å². The number of likely N-dealkylation sites (N-methyl/N-ethyl adjacent to an activating group) is 1. The Morgan fingerprint density at radius 1 is 1.43 bits per heavy atom. The predicted octanol–water partition coefficient (Wildman–Crippen LogP) is 0.431. The van der Waals surface area contributed by atoms with Crippen LogP contribution in [0.5, 0.6) is 0 Å². The second kappa shape index (κ2) is 6.35. The molecule has 1 saturated heterocycles. The number of aromatic nitrogens is 1. The van der Waals surface area contributed by atoms with Gasteiger partial charge < -0.3 is 10.6 Å². The van der Waals surface area contributed by atoms with Crippen molar-refractivity contribution in [3.05, 3.63) is 24.0 Å². The average molecular weight is 328 g/mol. The van der Waals surface area contributed by atoms with Crippen molar-refractivity contribution in [2.75, 3.05) is 26.7 Å². The van der Waals surface area contributed by atoms with Crippen LogP contribution in [0.2, 0.25) is 0 Å². The van der Waals surface area contributed by atoms with Crippen molar-refractivity contribution in [2.45, 2.75) is 24.3 Å². The monoisotopic (exact) mass is 328 g/mol. The molecular formula is C13H20N4O2S2.